The third-order valence-corrected chi connectivity index (χ3v) is 6.89. The summed E-state index contributed by atoms with van der Waals surface area (Å²) in [6.45, 7) is 2.32. The Morgan fingerprint density at radius 1 is 1.08 bits per heavy atom. The average Bonchev–Trinajstić information content (AvgIpc) is 2.80. The van der Waals surface area contributed by atoms with Gasteiger partial charge in [-0.3, -0.25) is 0 Å². The predicted octanol–water partition coefficient (Wildman–Crippen LogP) is 1.78. The van der Waals surface area contributed by atoms with Crippen LogP contribution in [0, 0.1) is 6.92 Å². The van der Waals surface area contributed by atoms with Gasteiger partial charge in [-0.1, -0.05) is 17.7 Å². The van der Waals surface area contributed by atoms with Crippen LogP contribution in [0.3, 0.4) is 0 Å². The van der Waals surface area contributed by atoms with Gasteiger partial charge in [-0.15, -0.1) is 0 Å². The summed E-state index contributed by atoms with van der Waals surface area (Å²) >= 11 is 0. The van der Waals surface area contributed by atoms with Crippen molar-refractivity contribution < 1.29 is 23.0 Å². The summed E-state index contributed by atoms with van der Waals surface area (Å²) in [5, 5.41) is 14.4. The van der Waals surface area contributed by atoms with E-state index in [4.69, 9.17) is 9.47 Å². The number of benzene rings is 2. The number of hydrogen-bond acceptors (Lipinski definition) is 6. The maximum Gasteiger partial charge on any atom is 0.213 e. The van der Waals surface area contributed by atoms with Gasteiger partial charge in [0, 0.05) is 12.1 Å². The van der Waals surface area contributed by atoms with E-state index in [2.05, 4.69) is 5.32 Å². The minimum atomic E-state index is -4.06. The van der Waals surface area contributed by atoms with Crippen molar-refractivity contribution in [2.75, 3.05) is 27.3 Å². The Labute approximate surface area is 153 Å². The predicted molar refractivity (Wildman–Crippen MR) is 98.4 cm³/mol. The maximum absolute atomic E-state index is 13.3. The van der Waals surface area contributed by atoms with Crippen LogP contribution in [-0.2, 0) is 21.2 Å². The first-order chi connectivity index (χ1) is 12.3. The third kappa shape index (κ3) is 2.96. The molecule has 7 heteroatoms. The highest BCUT2D eigenvalue weighted by Gasteiger charge is 2.47. The van der Waals surface area contributed by atoms with Crippen molar-refractivity contribution >= 4 is 9.84 Å². The van der Waals surface area contributed by atoms with Crippen LogP contribution in [0.25, 0.3) is 0 Å². The summed E-state index contributed by atoms with van der Waals surface area (Å²) in [6, 6.07) is 9.78. The van der Waals surface area contributed by atoms with E-state index in [-0.39, 0.29) is 11.4 Å². The number of aryl methyl sites for hydroxylation is 1. The second kappa shape index (κ2) is 6.90. The molecule has 0 bridgehead atoms. The van der Waals surface area contributed by atoms with Gasteiger partial charge in [0.15, 0.2) is 11.5 Å². The topological polar surface area (TPSA) is 84.9 Å². The summed E-state index contributed by atoms with van der Waals surface area (Å²) in [6.07, 6.45) is 0.571. The molecule has 2 N–H and O–H groups in total. The van der Waals surface area contributed by atoms with Crippen molar-refractivity contribution in [3.05, 3.63) is 53.1 Å². The van der Waals surface area contributed by atoms with Crippen LogP contribution in [0.15, 0.2) is 41.3 Å². The lowest BCUT2D eigenvalue weighted by atomic mass is 9.99. The van der Waals surface area contributed by atoms with Crippen molar-refractivity contribution in [3.8, 4) is 11.5 Å². The number of fused-ring (bicyclic) bond motifs is 1. The molecule has 1 aliphatic heterocycles. The second-order valence-corrected chi connectivity index (χ2v) is 8.55. The summed E-state index contributed by atoms with van der Waals surface area (Å²) in [5.74, 6) is 0.883. The van der Waals surface area contributed by atoms with E-state index in [1.54, 1.807) is 24.3 Å². The summed E-state index contributed by atoms with van der Waals surface area (Å²) in [4.78, 5) is -2.02. The van der Waals surface area contributed by atoms with Crippen molar-refractivity contribution in [3.63, 3.8) is 0 Å². The number of aliphatic hydroxyl groups is 1. The van der Waals surface area contributed by atoms with Gasteiger partial charge < -0.3 is 19.9 Å². The van der Waals surface area contributed by atoms with Crippen molar-refractivity contribution in [2.45, 2.75) is 23.2 Å². The van der Waals surface area contributed by atoms with Gasteiger partial charge in [-0.25, -0.2) is 8.42 Å². The second-order valence-electron chi connectivity index (χ2n) is 6.39. The van der Waals surface area contributed by atoms with E-state index < -0.39 is 14.8 Å². The first-order valence-corrected chi connectivity index (χ1v) is 9.81. The SMILES string of the molecule is COc1cc2c(cc1OC)C(O)(S(=O)(=O)c1ccc(C)cc1)CNCC2. The minimum absolute atomic E-state index is 0.0787. The molecular formula is C19H23NO5S. The standard InChI is InChI=1S/C19H23NO5S/c1-13-4-6-15(7-5-13)26(22,23)19(21)12-20-9-8-14-10-17(24-2)18(25-3)11-16(14)19/h4-7,10-11,20-21H,8-9,12H2,1-3H3. The van der Waals surface area contributed by atoms with E-state index in [0.29, 0.717) is 35.6 Å². The van der Waals surface area contributed by atoms with Crippen LogP contribution >= 0.6 is 0 Å². The fraction of sp³-hybridized carbons (Fsp3) is 0.368. The lowest BCUT2D eigenvalue weighted by Gasteiger charge is -2.29. The Kier molecular flexibility index (Phi) is 4.96. The molecular weight excluding hydrogens is 354 g/mol. The Balaban J connectivity index is 2.22. The van der Waals surface area contributed by atoms with Gasteiger partial charge in [0.1, 0.15) is 0 Å². The lowest BCUT2D eigenvalue weighted by Crippen LogP contribution is -2.44. The largest absolute Gasteiger partial charge is 0.493 e. The molecule has 0 saturated heterocycles. The van der Waals surface area contributed by atoms with Crippen molar-refractivity contribution in [2.24, 2.45) is 0 Å². The highest BCUT2D eigenvalue weighted by Crippen LogP contribution is 2.41. The molecule has 140 valence electrons. The molecule has 0 radical (unpaired) electrons. The van der Waals surface area contributed by atoms with Gasteiger partial charge in [0.2, 0.25) is 14.8 Å². The molecule has 0 saturated carbocycles. The highest BCUT2D eigenvalue weighted by atomic mass is 32.2. The normalized spacial score (nSPS) is 20.2. The van der Waals surface area contributed by atoms with Gasteiger partial charge in [0.25, 0.3) is 0 Å². The van der Waals surface area contributed by atoms with Crippen LogP contribution in [0.2, 0.25) is 0 Å². The first-order valence-electron chi connectivity index (χ1n) is 8.33. The van der Waals surface area contributed by atoms with Crippen LogP contribution in [0.1, 0.15) is 16.7 Å². The molecule has 6 nitrogen and oxygen atoms in total. The Bertz CT molecular complexity index is 908. The Hall–Kier alpha value is -2.09. The van der Waals surface area contributed by atoms with E-state index in [1.807, 2.05) is 6.92 Å². The van der Waals surface area contributed by atoms with Crippen LogP contribution in [0.4, 0.5) is 0 Å². The molecule has 0 amide bonds. The average molecular weight is 377 g/mol. The Morgan fingerprint density at radius 2 is 1.69 bits per heavy atom. The van der Waals surface area contributed by atoms with Gasteiger partial charge in [-0.05, 0) is 49.7 Å². The van der Waals surface area contributed by atoms with E-state index in [0.717, 1.165) is 5.56 Å². The number of β-amino-alcohol motifs (C(OH)–C–C–N with tert-alkyl or cyclic N) is 1. The molecule has 0 aromatic heterocycles. The van der Waals surface area contributed by atoms with E-state index in [1.165, 1.54) is 26.4 Å². The lowest BCUT2D eigenvalue weighted by molar-refractivity contribution is 0.124. The Morgan fingerprint density at radius 3 is 2.31 bits per heavy atom. The number of methoxy groups -OCH3 is 2. The van der Waals surface area contributed by atoms with E-state index >= 15 is 0 Å². The summed E-state index contributed by atoms with van der Waals surface area (Å²) < 4.78 is 37.3. The van der Waals surface area contributed by atoms with E-state index in [9.17, 15) is 13.5 Å². The number of nitrogens with one attached hydrogen (secondary N) is 1. The van der Waals surface area contributed by atoms with Crippen LogP contribution in [-0.4, -0.2) is 40.8 Å². The van der Waals surface area contributed by atoms with Crippen LogP contribution in [0.5, 0.6) is 11.5 Å². The molecule has 2 aromatic carbocycles. The van der Waals surface area contributed by atoms with Gasteiger partial charge in [-0.2, -0.15) is 0 Å². The molecule has 1 heterocycles. The molecule has 1 atom stereocenters. The molecule has 1 unspecified atom stereocenters. The zero-order chi connectivity index (χ0) is 18.9. The highest BCUT2D eigenvalue weighted by molar-refractivity contribution is 7.92. The fourth-order valence-corrected chi connectivity index (χ4v) is 4.88. The molecule has 0 aliphatic carbocycles. The number of rotatable bonds is 4. The minimum Gasteiger partial charge on any atom is -0.493 e. The third-order valence-electron chi connectivity index (χ3n) is 4.74. The smallest absolute Gasteiger partial charge is 0.213 e. The molecule has 2 aromatic rings. The molecule has 0 fully saturated rings. The summed E-state index contributed by atoms with van der Waals surface area (Å²) in [7, 11) is -1.06. The molecule has 26 heavy (non-hydrogen) atoms. The maximum atomic E-state index is 13.3. The van der Waals surface area contributed by atoms with Gasteiger partial charge in [0.05, 0.1) is 19.1 Å². The monoisotopic (exact) mass is 377 g/mol. The quantitative estimate of drug-likeness (QED) is 0.845. The zero-order valence-electron chi connectivity index (χ0n) is 15.1. The summed E-state index contributed by atoms with van der Waals surface area (Å²) in [5.41, 5.74) is 1.98. The number of sulfone groups is 1. The molecule has 0 spiro atoms. The number of ether oxygens (including phenoxy) is 2. The van der Waals surface area contributed by atoms with Gasteiger partial charge >= 0.3 is 0 Å². The molecule has 1 aliphatic rings. The van der Waals surface area contributed by atoms with Crippen LogP contribution < -0.4 is 14.8 Å². The van der Waals surface area contributed by atoms with Crippen molar-refractivity contribution in [1.29, 1.82) is 0 Å². The number of hydrogen-bond donors (Lipinski definition) is 2. The zero-order valence-corrected chi connectivity index (χ0v) is 15.9. The fourth-order valence-electron chi connectivity index (χ4n) is 3.22. The first kappa shape index (κ1) is 18.7. The molecule has 3 rings (SSSR count). The van der Waals surface area contributed by atoms with Crippen molar-refractivity contribution in [1.82, 2.24) is 5.32 Å².